The number of hydrogen-bond donors (Lipinski definition) is 1. The van der Waals surface area contributed by atoms with Gasteiger partial charge in [-0.25, -0.2) is 0 Å². The van der Waals surface area contributed by atoms with Crippen LogP contribution in [0.15, 0.2) is 48.5 Å². The standard InChI is InChI=1S/C17H19ClO2/c1-12(2)20-14-10-8-13(9-11-14)17(3,19)15-6-4-5-7-16(15)18/h4-12,19H,1-3H3. The molecule has 106 valence electrons. The van der Waals surface area contributed by atoms with Crippen molar-refractivity contribution in [2.75, 3.05) is 0 Å². The molecular formula is C17H19ClO2. The van der Waals surface area contributed by atoms with Gasteiger partial charge in [0.1, 0.15) is 11.4 Å². The van der Waals surface area contributed by atoms with Crippen LogP contribution < -0.4 is 4.74 Å². The lowest BCUT2D eigenvalue weighted by atomic mass is 9.88. The minimum absolute atomic E-state index is 0.130. The van der Waals surface area contributed by atoms with Gasteiger partial charge in [0.15, 0.2) is 0 Å². The van der Waals surface area contributed by atoms with Crippen LogP contribution in [0.3, 0.4) is 0 Å². The van der Waals surface area contributed by atoms with Gasteiger partial charge in [-0.3, -0.25) is 0 Å². The molecule has 2 aromatic rings. The second-order valence-electron chi connectivity index (χ2n) is 5.24. The molecule has 0 heterocycles. The molecule has 0 saturated carbocycles. The van der Waals surface area contributed by atoms with Crippen LogP contribution in [-0.2, 0) is 5.60 Å². The van der Waals surface area contributed by atoms with Gasteiger partial charge in [0.05, 0.1) is 6.10 Å². The largest absolute Gasteiger partial charge is 0.491 e. The Balaban J connectivity index is 2.32. The van der Waals surface area contributed by atoms with Crippen molar-refractivity contribution in [3.05, 3.63) is 64.7 Å². The van der Waals surface area contributed by atoms with Crippen LogP contribution in [0.4, 0.5) is 0 Å². The molecule has 1 N–H and O–H groups in total. The van der Waals surface area contributed by atoms with E-state index < -0.39 is 5.60 Å². The average molecular weight is 291 g/mol. The van der Waals surface area contributed by atoms with Gasteiger partial charge >= 0.3 is 0 Å². The molecule has 0 saturated heterocycles. The zero-order valence-corrected chi connectivity index (χ0v) is 12.7. The molecule has 1 atom stereocenters. The van der Waals surface area contributed by atoms with E-state index in [2.05, 4.69) is 0 Å². The number of benzene rings is 2. The van der Waals surface area contributed by atoms with Crippen molar-refractivity contribution >= 4 is 11.6 Å². The van der Waals surface area contributed by atoms with E-state index >= 15 is 0 Å². The molecule has 2 nitrogen and oxygen atoms in total. The third kappa shape index (κ3) is 3.14. The minimum Gasteiger partial charge on any atom is -0.491 e. The van der Waals surface area contributed by atoms with Crippen molar-refractivity contribution in [3.8, 4) is 5.75 Å². The highest BCUT2D eigenvalue weighted by Gasteiger charge is 2.27. The molecule has 1 unspecified atom stereocenters. The molecule has 0 aliphatic rings. The first-order valence-electron chi connectivity index (χ1n) is 6.66. The van der Waals surface area contributed by atoms with Crippen LogP contribution in [-0.4, -0.2) is 11.2 Å². The van der Waals surface area contributed by atoms with Crippen LogP contribution in [0.25, 0.3) is 0 Å². The van der Waals surface area contributed by atoms with E-state index in [0.29, 0.717) is 10.6 Å². The lowest BCUT2D eigenvalue weighted by Gasteiger charge is -2.26. The van der Waals surface area contributed by atoms with Crippen molar-refractivity contribution < 1.29 is 9.84 Å². The second-order valence-corrected chi connectivity index (χ2v) is 5.65. The predicted octanol–water partition coefficient (Wildman–Crippen LogP) is 4.38. The maximum atomic E-state index is 10.8. The summed E-state index contributed by atoms with van der Waals surface area (Å²) in [6.45, 7) is 5.70. The second kappa shape index (κ2) is 5.86. The Morgan fingerprint density at radius 1 is 1.05 bits per heavy atom. The summed E-state index contributed by atoms with van der Waals surface area (Å²) in [5.41, 5.74) is 0.343. The lowest BCUT2D eigenvalue weighted by molar-refractivity contribution is 0.102. The molecule has 0 aliphatic carbocycles. The van der Waals surface area contributed by atoms with Gasteiger partial charge in [-0.2, -0.15) is 0 Å². The highest BCUT2D eigenvalue weighted by atomic mass is 35.5. The molecule has 0 spiro atoms. The van der Waals surface area contributed by atoms with Gasteiger partial charge in [-0.15, -0.1) is 0 Å². The van der Waals surface area contributed by atoms with Gasteiger partial charge in [0, 0.05) is 10.6 Å². The molecule has 0 fully saturated rings. The zero-order valence-electron chi connectivity index (χ0n) is 11.9. The summed E-state index contributed by atoms with van der Waals surface area (Å²) in [4.78, 5) is 0. The molecule has 2 aromatic carbocycles. The third-order valence-corrected chi connectivity index (χ3v) is 3.52. The number of aliphatic hydroxyl groups is 1. The van der Waals surface area contributed by atoms with E-state index in [0.717, 1.165) is 11.3 Å². The molecule has 0 aromatic heterocycles. The molecule has 0 aliphatic heterocycles. The summed E-state index contributed by atoms with van der Waals surface area (Å²) in [6, 6.07) is 14.8. The fraction of sp³-hybridized carbons (Fsp3) is 0.294. The Bertz CT molecular complexity index is 574. The maximum absolute atomic E-state index is 10.8. The van der Waals surface area contributed by atoms with Gasteiger partial charge in [-0.1, -0.05) is 41.9 Å². The Labute approximate surface area is 125 Å². The summed E-state index contributed by atoms with van der Waals surface area (Å²) in [5.74, 6) is 0.790. The van der Waals surface area contributed by atoms with Crippen molar-refractivity contribution in [1.29, 1.82) is 0 Å². The average Bonchev–Trinajstić information content (AvgIpc) is 2.39. The van der Waals surface area contributed by atoms with Crippen molar-refractivity contribution in [2.24, 2.45) is 0 Å². The monoisotopic (exact) mass is 290 g/mol. The zero-order chi connectivity index (χ0) is 14.8. The maximum Gasteiger partial charge on any atom is 0.119 e. The van der Waals surface area contributed by atoms with E-state index in [1.54, 1.807) is 13.0 Å². The molecule has 2 rings (SSSR count). The van der Waals surface area contributed by atoms with Crippen LogP contribution in [0.1, 0.15) is 31.9 Å². The molecule has 0 amide bonds. The topological polar surface area (TPSA) is 29.5 Å². The normalized spacial score (nSPS) is 14.1. The Morgan fingerprint density at radius 3 is 2.20 bits per heavy atom. The highest BCUT2D eigenvalue weighted by molar-refractivity contribution is 6.31. The third-order valence-electron chi connectivity index (χ3n) is 3.19. The Morgan fingerprint density at radius 2 is 1.65 bits per heavy atom. The molecule has 3 heteroatoms. The summed E-state index contributed by atoms with van der Waals surface area (Å²) >= 11 is 6.17. The van der Waals surface area contributed by atoms with Gasteiger partial charge in [0.2, 0.25) is 0 Å². The van der Waals surface area contributed by atoms with Gasteiger partial charge in [0.25, 0.3) is 0 Å². The quantitative estimate of drug-likeness (QED) is 0.905. The number of ether oxygens (including phenoxy) is 1. The summed E-state index contributed by atoms with van der Waals surface area (Å²) in [5, 5.41) is 11.3. The fourth-order valence-electron chi connectivity index (χ4n) is 2.14. The van der Waals surface area contributed by atoms with Crippen molar-refractivity contribution in [3.63, 3.8) is 0 Å². The number of rotatable bonds is 4. The first-order chi connectivity index (χ1) is 9.41. The fourth-order valence-corrected chi connectivity index (χ4v) is 2.46. The number of hydrogen-bond acceptors (Lipinski definition) is 2. The van der Waals surface area contributed by atoms with Crippen LogP contribution in [0, 0.1) is 0 Å². The van der Waals surface area contributed by atoms with Crippen LogP contribution in [0.2, 0.25) is 5.02 Å². The smallest absolute Gasteiger partial charge is 0.119 e. The van der Waals surface area contributed by atoms with Crippen LogP contribution >= 0.6 is 11.6 Å². The van der Waals surface area contributed by atoms with Crippen molar-refractivity contribution in [1.82, 2.24) is 0 Å². The summed E-state index contributed by atoms with van der Waals surface area (Å²) in [7, 11) is 0. The SMILES string of the molecule is CC(C)Oc1ccc(C(C)(O)c2ccccc2Cl)cc1. The molecular weight excluding hydrogens is 272 g/mol. The lowest BCUT2D eigenvalue weighted by Crippen LogP contribution is -2.23. The van der Waals surface area contributed by atoms with E-state index in [9.17, 15) is 5.11 Å². The molecule has 0 radical (unpaired) electrons. The Kier molecular flexibility index (Phi) is 4.36. The van der Waals surface area contributed by atoms with Gasteiger partial charge < -0.3 is 9.84 Å². The minimum atomic E-state index is -1.13. The molecule has 20 heavy (non-hydrogen) atoms. The summed E-state index contributed by atoms with van der Waals surface area (Å²) < 4.78 is 5.60. The Hall–Kier alpha value is -1.51. The van der Waals surface area contributed by atoms with Crippen molar-refractivity contribution in [2.45, 2.75) is 32.5 Å². The van der Waals surface area contributed by atoms with E-state index in [1.807, 2.05) is 56.3 Å². The number of halogens is 1. The van der Waals surface area contributed by atoms with E-state index in [-0.39, 0.29) is 6.10 Å². The van der Waals surface area contributed by atoms with E-state index in [1.165, 1.54) is 0 Å². The summed E-state index contributed by atoms with van der Waals surface area (Å²) in [6.07, 6.45) is 0.130. The van der Waals surface area contributed by atoms with Crippen LogP contribution in [0.5, 0.6) is 5.75 Å². The first kappa shape index (κ1) is 14.9. The highest BCUT2D eigenvalue weighted by Crippen LogP contribution is 2.34. The van der Waals surface area contributed by atoms with E-state index in [4.69, 9.17) is 16.3 Å². The van der Waals surface area contributed by atoms with Gasteiger partial charge in [-0.05, 0) is 44.5 Å². The first-order valence-corrected chi connectivity index (χ1v) is 7.03. The predicted molar refractivity (Wildman–Crippen MR) is 82.3 cm³/mol. The molecule has 0 bridgehead atoms.